The summed E-state index contributed by atoms with van der Waals surface area (Å²) in [5, 5.41) is 0.638. The van der Waals surface area contributed by atoms with Gasteiger partial charge in [-0.2, -0.15) is 0 Å². The van der Waals surface area contributed by atoms with Crippen molar-refractivity contribution in [3.8, 4) is 11.5 Å². The number of carbonyl (C=O) groups excluding carboxylic acids is 1. The van der Waals surface area contributed by atoms with Crippen LogP contribution in [0.2, 0.25) is 5.02 Å². The molecule has 3 rings (SSSR count). The Labute approximate surface area is 148 Å². The summed E-state index contributed by atoms with van der Waals surface area (Å²) >= 11 is 6.44. The highest BCUT2D eigenvalue weighted by Gasteiger charge is 2.47. The van der Waals surface area contributed by atoms with Crippen molar-refractivity contribution < 1.29 is 14.3 Å². The first-order valence-electron chi connectivity index (χ1n) is 8.37. The van der Waals surface area contributed by atoms with Crippen LogP contribution < -0.4 is 9.47 Å². The lowest BCUT2D eigenvalue weighted by atomic mass is 9.78. The Morgan fingerprint density at radius 1 is 1.21 bits per heavy atom. The Hall–Kier alpha value is -1.46. The predicted octanol–water partition coefficient (Wildman–Crippen LogP) is 2.80. The molecule has 1 atom stereocenters. The van der Waals surface area contributed by atoms with E-state index in [1.54, 1.807) is 14.2 Å². The second-order valence-corrected chi connectivity index (χ2v) is 7.27. The van der Waals surface area contributed by atoms with Gasteiger partial charge in [-0.1, -0.05) is 11.6 Å². The van der Waals surface area contributed by atoms with Crippen LogP contribution in [0, 0.1) is 5.41 Å². The van der Waals surface area contributed by atoms with Gasteiger partial charge in [-0.15, -0.1) is 0 Å². The van der Waals surface area contributed by atoms with E-state index in [9.17, 15) is 4.79 Å². The first kappa shape index (κ1) is 17.4. The summed E-state index contributed by atoms with van der Waals surface area (Å²) in [6.07, 6.45) is 3.00. The molecule has 5 nitrogen and oxygen atoms in total. The number of methoxy groups -OCH3 is 2. The van der Waals surface area contributed by atoms with Gasteiger partial charge < -0.3 is 14.4 Å². The second kappa shape index (κ2) is 6.81. The van der Waals surface area contributed by atoms with Gasteiger partial charge in [0.15, 0.2) is 0 Å². The molecule has 2 fully saturated rings. The maximum atomic E-state index is 12.7. The van der Waals surface area contributed by atoms with Gasteiger partial charge in [0.2, 0.25) is 5.91 Å². The summed E-state index contributed by atoms with van der Waals surface area (Å²) in [5.74, 6) is 1.71. The first-order chi connectivity index (χ1) is 11.5. The zero-order chi connectivity index (χ0) is 17.3. The van der Waals surface area contributed by atoms with Gasteiger partial charge in [0.1, 0.15) is 11.5 Å². The molecule has 2 aliphatic rings. The van der Waals surface area contributed by atoms with Crippen LogP contribution in [0.4, 0.5) is 0 Å². The summed E-state index contributed by atoms with van der Waals surface area (Å²) < 4.78 is 10.7. The molecule has 1 spiro atoms. The Morgan fingerprint density at radius 2 is 2.00 bits per heavy atom. The number of rotatable bonds is 4. The Kier molecular flexibility index (Phi) is 4.92. The van der Waals surface area contributed by atoms with Crippen LogP contribution in [-0.4, -0.2) is 56.6 Å². The molecule has 0 radical (unpaired) electrons. The monoisotopic (exact) mass is 352 g/mol. The van der Waals surface area contributed by atoms with Crippen molar-refractivity contribution in [1.82, 2.24) is 9.80 Å². The molecule has 0 N–H and O–H groups in total. The van der Waals surface area contributed by atoms with E-state index in [4.69, 9.17) is 21.1 Å². The normalized spacial score (nSPS) is 24.7. The SMILES string of the molecule is COc1cc(Cl)c(CN2CC[C@@]3(CCCN(C)C3=O)C2)c(OC)c1. The number of piperidine rings is 1. The molecule has 0 saturated carbocycles. The van der Waals surface area contributed by atoms with Gasteiger partial charge in [0.25, 0.3) is 0 Å². The molecule has 0 bridgehead atoms. The summed E-state index contributed by atoms with van der Waals surface area (Å²) in [4.78, 5) is 16.8. The highest BCUT2D eigenvalue weighted by Crippen LogP contribution is 2.41. The van der Waals surface area contributed by atoms with Gasteiger partial charge in [-0.3, -0.25) is 9.69 Å². The lowest BCUT2D eigenvalue weighted by molar-refractivity contribution is -0.143. The summed E-state index contributed by atoms with van der Waals surface area (Å²) in [6, 6.07) is 3.66. The van der Waals surface area contributed by atoms with Crippen molar-refractivity contribution in [3.63, 3.8) is 0 Å². The minimum atomic E-state index is -0.209. The van der Waals surface area contributed by atoms with E-state index in [-0.39, 0.29) is 5.41 Å². The largest absolute Gasteiger partial charge is 0.497 e. The maximum Gasteiger partial charge on any atom is 0.229 e. The molecule has 132 valence electrons. The summed E-state index contributed by atoms with van der Waals surface area (Å²) in [7, 11) is 5.16. The maximum absolute atomic E-state index is 12.7. The first-order valence-corrected chi connectivity index (χ1v) is 8.75. The van der Waals surface area contributed by atoms with E-state index in [1.165, 1.54) is 0 Å². The van der Waals surface area contributed by atoms with Crippen LogP contribution in [0.5, 0.6) is 11.5 Å². The second-order valence-electron chi connectivity index (χ2n) is 6.86. The van der Waals surface area contributed by atoms with E-state index in [2.05, 4.69) is 4.90 Å². The van der Waals surface area contributed by atoms with Crippen LogP contribution in [0.1, 0.15) is 24.8 Å². The zero-order valence-electron chi connectivity index (χ0n) is 14.6. The van der Waals surface area contributed by atoms with Gasteiger partial charge in [0, 0.05) is 38.3 Å². The number of halogens is 1. The Bertz CT molecular complexity index is 637. The lowest BCUT2D eigenvalue weighted by Gasteiger charge is -2.37. The zero-order valence-corrected chi connectivity index (χ0v) is 15.4. The van der Waals surface area contributed by atoms with Crippen LogP contribution >= 0.6 is 11.6 Å². The number of hydrogen-bond donors (Lipinski definition) is 0. The van der Waals surface area contributed by atoms with Crippen molar-refractivity contribution in [3.05, 3.63) is 22.7 Å². The molecule has 1 aromatic carbocycles. The molecule has 0 aliphatic carbocycles. The molecule has 6 heteroatoms. The molecule has 2 heterocycles. The molecule has 24 heavy (non-hydrogen) atoms. The average Bonchev–Trinajstić information content (AvgIpc) is 2.98. The molecule has 2 saturated heterocycles. The highest BCUT2D eigenvalue weighted by atomic mass is 35.5. The van der Waals surface area contributed by atoms with E-state index < -0.39 is 0 Å². The van der Waals surface area contributed by atoms with Crippen LogP contribution in [0.15, 0.2) is 12.1 Å². The van der Waals surface area contributed by atoms with Crippen molar-refractivity contribution >= 4 is 17.5 Å². The van der Waals surface area contributed by atoms with E-state index in [0.717, 1.165) is 50.2 Å². The smallest absolute Gasteiger partial charge is 0.229 e. The highest BCUT2D eigenvalue weighted by molar-refractivity contribution is 6.31. The van der Waals surface area contributed by atoms with E-state index in [1.807, 2.05) is 24.1 Å². The number of nitrogens with zero attached hydrogens (tertiary/aromatic N) is 2. The summed E-state index contributed by atoms with van der Waals surface area (Å²) in [5.41, 5.74) is 0.743. The van der Waals surface area contributed by atoms with Gasteiger partial charge in [-0.25, -0.2) is 0 Å². The third-order valence-corrected chi connectivity index (χ3v) is 5.68. The number of amides is 1. The fourth-order valence-electron chi connectivity index (χ4n) is 4.00. The minimum Gasteiger partial charge on any atom is -0.497 e. The van der Waals surface area contributed by atoms with Gasteiger partial charge >= 0.3 is 0 Å². The Morgan fingerprint density at radius 3 is 2.71 bits per heavy atom. The number of ether oxygens (including phenoxy) is 2. The molecular formula is C18H25ClN2O3. The van der Waals surface area contributed by atoms with Gasteiger partial charge in [-0.05, 0) is 31.9 Å². The van der Waals surface area contributed by atoms with Gasteiger partial charge in [0.05, 0.1) is 24.7 Å². The molecule has 1 amide bonds. The average molecular weight is 353 g/mol. The molecule has 2 aliphatic heterocycles. The number of carbonyl (C=O) groups is 1. The quantitative estimate of drug-likeness (QED) is 0.835. The molecule has 1 aromatic rings. The number of benzene rings is 1. The van der Waals surface area contributed by atoms with E-state index >= 15 is 0 Å². The third kappa shape index (κ3) is 3.07. The van der Waals surface area contributed by atoms with Crippen molar-refractivity contribution in [2.24, 2.45) is 5.41 Å². The van der Waals surface area contributed by atoms with Crippen LogP contribution in [-0.2, 0) is 11.3 Å². The number of hydrogen-bond acceptors (Lipinski definition) is 4. The van der Waals surface area contributed by atoms with Crippen molar-refractivity contribution in [2.75, 3.05) is 40.9 Å². The fraction of sp³-hybridized carbons (Fsp3) is 0.611. The van der Waals surface area contributed by atoms with Crippen LogP contribution in [0.3, 0.4) is 0 Å². The number of likely N-dealkylation sites (tertiary alicyclic amines) is 2. The summed E-state index contributed by atoms with van der Waals surface area (Å²) in [6.45, 7) is 3.26. The standard InChI is InChI=1S/C18H25ClN2O3/c1-20-7-4-5-18(17(20)22)6-8-21(12-18)11-14-15(19)9-13(23-2)10-16(14)24-3/h9-10H,4-8,11-12H2,1-3H3/t18-/m0/s1. The molecule has 0 aromatic heterocycles. The van der Waals surface area contributed by atoms with Crippen molar-refractivity contribution in [1.29, 1.82) is 0 Å². The topological polar surface area (TPSA) is 42.0 Å². The molecular weight excluding hydrogens is 328 g/mol. The minimum absolute atomic E-state index is 0.209. The Balaban J connectivity index is 1.77. The molecule has 0 unspecified atom stereocenters. The predicted molar refractivity (Wildman–Crippen MR) is 93.8 cm³/mol. The fourth-order valence-corrected chi connectivity index (χ4v) is 4.26. The lowest BCUT2D eigenvalue weighted by Crippen LogP contribution is -2.48. The van der Waals surface area contributed by atoms with Crippen molar-refractivity contribution in [2.45, 2.75) is 25.8 Å². The van der Waals surface area contributed by atoms with Crippen LogP contribution in [0.25, 0.3) is 0 Å². The third-order valence-electron chi connectivity index (χ3n) is 5.35. The van der Waals surface area contributed by atoms with E-state index in [0.29, 0.717) is 23.2 Å².